The smallest absolute Gasteiger partial charge is 0.407 e. The molecule has 4 N–H and O–H groups in total. The number of carbonyl (C=O) groups excluding carboxylic acids is 4. The zero-order valence-electron chi connectivity index (χ0n) is 34.2. The minimum Gasteiger partial charge on any atom is -0.470 e. The Bertz CT molecular complexity index is 2400. The van der Waals surface area contributed by atoms with Gasteiger partial charge in [-0.2, -0.15) is 0 Å². The molecule has 6 heterocycles. The maximum atomic E-state index is 13.7. The Balaban J connectivity index is 1.02. The van der Waals surface area contributed by atoms with Gasteiger partial charge in [0.1, 0.15) is 30.0 Å². The van der Waals surface area contributed by atoms with E-state index in [4.69, 9.17) is 19.4 Å². The fourth-order valence-electron chi connectivity index (χ4n) is 8.93. The zero-order valence-corrected chi connectivity index (χ0v) is 34.2. The average molecular weight is 806 g/mol. The van der Waals surface area contributed by atoms with Gasteiger partial charge in [0, 0.05) is 34.7 Å². The molecule has 5 aromatic rings. The first-order chi connectivity index (χ1) is 28.4. The lowest BCUT2D eigenvalue weighted by atomic mass is 9.95. The molecule has 5 atom stereocenters. The summed E-state index contributed by atoms with van der Waals surface area (Å²) >= 11 is 0. The fraction of sp³-hybridized carbons (Fsp3) is 0.442. The largest absolute Gasteiger partial charge is 0.470 e. The minimum atomic E-state index is -0.702. The molecule has 16 heteroatoms. The molecule has 8 rings (SSSR count). The zero-order chi connectivity index (χ0) is 41.5. The summed E-state index contributed by atoms with van der Waals surface area (Å²) in [6, 6.07) is 13.5. The lowest BCUT2D eigenvalue weighted by Gasteiger charge is -2.39. The van der Waals surface area contributed by atoms with Crippen LogP contribution in [0, 0.1) is 5.92 Å². The molecule has 0 saturated carbocycles. The SMILES string of the molecule is COC(=O)NCC(=O)N1C(C)CCCC1c1ncc(-c2ccc3c(c2)OC(C)n2c-3cc3cc(-c4cnc(C5CCCN5C(=O)C(NC(=O)OC)C(C)C)[nH]4)ccc32)[nH]1. The van der Waals surface area contributed by atoms with Crippen LogP contribution in [0.5, 0.6) is 5.75 Å². The summed E-state index contributed by atoms with van der Waals surface area (Å²) in [6.07, 6.45) is 6.26. The first-order valence-electron chi connectivity index (χ1n) is 20.3. The van der Waals surface area contributed by atoms with Crippen LogP contribution in [0.4, 0.5) is 9.59 Å². The first kappa shape index (κ1) is 39.5. The Morgan fingerprint density at radius 3 is 2.25 bits per heavy atom. The Hall–Kier alpha value is -6.32. The maximum Gasteiger partial charge on any atom is 0.407 e. The highest BCUT2D eigenvalue weighted by molar-refractivity contribution is 5.92. The van der Waals surface area contributed by atoms with Crippen molar-refractivity contribution in [2.45, 2.75) is 90.2 Å². The second-order valence-electron chi connectivity index (χ2n) is 16.0. The van der Waals surface area contributed by atoms with Crippen LogP contribution in [-0.4, -0.2) is 97.7 Å². The third-order valence-electron chi connectivity index (χ3n) is 11.9. The van der Waals surface area contributed by atoms with Crippen LogP contribution in [0.1, 0.15) is 89.8 Å². The van der Waals surface area contributed by atoms with Gasteiger partial charge in [-0.15, -0.1) is 0 Å². The molecule has 16 nitrogen and oxygen atoms in total. The summed E-state index contributed by atoms with van der Waals surface area (Å²) in [7, 11) is 2.56. The molecule has 0 radical (unpaired) electrons. The molecule has 4 amide bonds. The van der Waals surface area contributed by atoms with Crippen LogP contribution < -0.4 is 15.4 Å². The number of rotatable bonds is 9. The van der Waals surface area contributed by atoms with Gasteiger partial charge in [0.25, 0.3) is 0 Å². The van der Waals surface area contributed by atoms with E-state index in [2.05, 4.69) is 60.2 Å². The van der Waals surface area contributed by atoms with Gasteiger partial charge in [0.15, 0.2) is 6.23 Å². The van der Waals surface area contributed by atoms with Crippen LogP contribution in [0.3, 0.4) is 0 Å². The fourth-order valence-corrected chi connectivity index (χ4v) is 8.93. The summed E-state index contributed by atoms with van der Waals surface area (Å²) in [5.74, 6) is 1.72. The summed E-state index contributed by atoms with van der Waals surface area (Å²) in [5, 5.41) is 6.27. The predicted octanol–water partition coefficient (Wildman–Crippen LogP) is 6.84. The molecule has 2 aromatic carbocycles. The van der Waals surface area contributed by atoms with E-state index >= 15 is 0 Å². The molecule has 5 unspecified atom stereocenters. The minimum absolute atomic E-state index is 0.00493. The molecule has 3 aliphatic rings. The summed E-state index contributed by atoms with van der Waals surface area (Å²) in [6.45, 7) is 8.30. The number of alkyl carbamates (subject to hydrolysis) is 2. The van der Waals surface area contributed by atoms with Crippen molar-refractivity contribution < 1.29 is 33.4 Å². The molecule has 0 bridgehead atoms. The van der Waals surface area contributed by atoms with Crippen molar-refractivity contribution >= 4 is 34.9 Å². The highest BCUT2D eigenvalue weighted by Crippen LogP contribution is 2.44. The van der Waals surface area contributed by atoms with E-state index < -0.39 is 18.2 Å². The number of methoxy groups -OCH3 is 2. The standard InChI is InChI=1S/C43H51N9O7/c1-23(2)38(49-43(56)58-6)41(54)50-16-8-11-33(50)39-44-20-30(47-39)26-13-15-32-28(17-26)18-35-29-14-12-27(19-36(29)59-25(4)52(32)35)31-21-45-40(48-31)34-10-7-9-24(3)51(34)37(53)22-46-42(55)57-5/h12-15,17-21,23-25,33-34,38H,7-11,16,22H2,1-6H3,(H,44,47)(H,45,48)(H,46,55)(H,49,56). The van der Waals surface area contributed by atoms with E-state index in [-0.39, 0.29) is 48.6 Å². The Morgan fingerprint density at radius 1 is 0.864 bits per heavy atom. The van der Waals surface area contributed by atoms with E-state index in [0.29, 0.717) is 18.2 Å². The lowest BCUT2D eigenvalue weighted by molar-refractivity contribution is -0.137. The van der Waals surface area contributed by atoms with Crippen molar-refractivity contribution in [2.24, 2.45) is 5.92 Å². The average Bonchev–Trinajstić information content (AvgIpc) is 4.07. The topological polar surface area (TPSA) is 189 Å². The number of carbonyl (C=O) groups is 4. The predicted molar refractivity (Wildman–Crippen MR) is 219 cm³/mol. The summed E-state index contributed by atoms with van der Waals surface area (Å²) < 4.78 is 18.2. The van der Waals surface area contributed by atoms with E-state index in [1.807, 2.05) is 55.8 Å². The number of ether oxygens (including phenoxy) is 3. The quantitative estimate of drug-likeness (QED) is 0.124. The number of piperidine rings is 1. The number of amides is 4. The summed E-state index contributed by atoms with van der Waals surface area (Å²) in [4.78, 5) is 70.7. The molecule has 2 saturated heterocycles. The summed E-state index contributed by atoms with van der Waals surface area (Å²) in [5.41, 5.74) is 6.59. The molecular formula is C43H51N9O7. The first-order valence-corrected chi connectivity index (χ1v) is 20.3. The number of nitrogens with zero attached hydrogens (tertiary/aromatic N) is 5. The number of nitrogens with one attached hydrogen (secondary N) is 4. The van der Waals surface area contributed by atoms with Crippen LogP contribution in [0.15, 0.2) is 54.9 Å². The van der Waals surface area contributed by atoms with Gasteiger partial charge in [-0.3, -0.25) is 9.59 Å². The Morgan fingerprint density at radius 2 is 1.54 bits per heavy atom. The number of H-pyrrole nitrogens is 2. The third-order valence-corrected chi connectivity index (χ3v) is 11.9. The Kier molecular flexibility index (Phi) is 10.8. The van der Waals surface area contributed by atoms with Crippen LogP contribution >= 0.6 is 0 Å². The number of aromatic nitrogens is 5. The number of benzene rings is 2. The van der Waals surface area contributed by atoms with E-state index in [0.717, 1.165) is 82.5 Å². The van der Waals surface area contributed by atoms with Crippen molar-refractivity contribution in [1.29, 1.82) is 0 Å². The number of hydrogen-bond acceptors (Lipinski definition) is 9. The highest BCUT2D eigenvalue weighted by atomic mass is 16.5. The lowest BCUT2D eigenvalue weighted by Crippen LogP contribution is -2.51. The highest BCUT2D eigenvalue weighted by Gasteiger charge is 2.38. The molecule has 59 heavy (non-hydrogen) atoms. The molecule has 3 aromatic heterocycles. The van der Waals surface area contributed by atoms with Gasteiger partial charge in [-0.1, -0.05) is 26.0 Å². The van der Waals surface area contributed by atoms with E-state index in [1.54, 1.807) is 6.20 Å². The van der Waals surface area contributed by atoms with Crippen LogP contribution in [-0.2, 0) is 19.1 Å². The second-order valence-corrected chi connectivity index (χ2v) is 16.0. The molecule has 0 spiro atoms. The van der Waals surface area contributed by atoms with Gasteiger partial charge >= 0.3 is 12.2 Å². The van der Waals surface area contributed by atoms with Crippen molar-refractivity contribution in [3.63, 3.8) is 0 Å². The van der Waals surface area contributed by atoms with Crippen molar-refractivity contribution in [3.05, 3.63) is 66.5 Å². The number of aromatic amines is 2. The van der Waals surface area contributed by atoms with Crippen molar-refractivity contribution in [1.82, 2.24) is 44.9 Å². The monoisotopic (exact) mass is 805 g/mol. The normalized spacial score (nSPS) is 20.5. The maximum absolute atomic E-state index is 13.7. The molecule has 0 aliphatic carbocycles. The molecule has 3 aliphatic heterocycles. The van der Waals surface area contributed by atoms with Gasteiger partial charge in [-0.25, -0.2) is 19.6 Å². The van der Waals surface area contributed by atoms with Crippen LogP contribution in [0.25, 0.3) is 44.7 Å². The van der Waals surface area contributed by atoms with E-state index in [1.165, 1.54) is 14.2 Å². The van der Waals surface area contributed by atoms with Crippen molar-refractivity contribution in [3.8, 4) is 39.5 Å². The van der Waals surface area contributed by atoms with Gasteiger partial charge in [0.2, 0.25) is 11.8 Å². The molecule has 2 fully saturated rings. The van der Waals surface area contributed by atoms with E-state index in [9.17, 15) is 19.2 Å². The number of likely N-dealkylation sites (tertiary alicyclic amines) is 2. The van der Waals surface area contributed by atoms with Gasteiger partial charge < -0.3 is 49.2 Å². The number of imidazole rings is 2. The Labute approximate surface area is 342 Å². The number of hydrogen-bond donors (Lipinski definition) is 4. The van der Waals surface area contributed by atoms with Gasteiger partial charge in [0.05, 0.1) is 61.3 Å². The van der Waals surface area contributed by atoms with Crippen molar-refractivity contribution in [2.75, 3.05) is 27.3 Å². The van der Waals surface area contributed by atoms with Crippen LogP contribution in [0.2, 0.25) is 0 Å². The second kappa shape index (κ2) is 16.1. The molecular weight excluding hydrogens is 755 g/mol. The van der Waals surface area contributed by atoms with Gasteiger partial charge in [-0.05, 0) is 82.2 Å². The third kappa shape index (κ3) is 7.47. The molecule has 310 valence electrons. The number of fused-ring (bicyclic) bond motifs is 5.